The van der Waals surface area contributed by atoms with Crippen LogP contribution in [0.4, 0.5) is 11.4 Å². The standard InChI is InChI=1S/C29H26Cl2N2O5S/c1-2-3-13-38-28(34)19-33(39(36,37)27-17-23(30)16-24(31)18-27)26-12-10-20-9-11-25(14-22(20)15-26)32-29(35)21-7-5-4-6-8-21/h4-12,14-18H,2-3,13,19H2,1H3,(H,32,35). The van der Waals surface area contributed by atoms with Crippen LogP contribution in [0.1, 0.15) is 30.1 Å². The van der Waals surface area contributed by atoms with E-state index in [-0.39, 0.29) is 33.1 Å². The fourth-order valence-electron chi connectivity index (χ4n) is 3.87. The SMILES string of the molecule is CCCCOC(=O)CN(c1ccc2ccc(NC(=O)c3ccccc3)cc2c1)S(=O)(=O)c1cc(Cl)cc(Cl)c1. The molecule has 1 N–H and O–H groups in total. The summed E-state index contributed by atoms with van der Waals surface area (Å²) in [6.07, 6.45) is 1.49. The second-order valence-electron chi connectivity index (χ2n) is 8.76. The molecule has 39 heavy (non-hydrogen) atoms. The van der Waals surface area contributed by atoms with Crippen LogP contribution in [0.25, 0.3) is 10.8 Å². The van der Waals surface area contributed by atoms with Crippen LogP contribution in [-0.4, -0.2) is 33.4 Å². The number of sulfonamides is 1. The van der Waals surface area contributed by atoms with Gasteiger partial charge in [-0.3, -0.25) is 13.9 Å². The molecule has 0 saturated carbocycles. The van der Waals surface area contributed by atoms with E-state index >= 15 is 0 Å². The third-order valence-electron chi connectivity index (χ3n) is 5.86. The molecule has 10 heteroatoms. The zero-order valence-electron chi connectivity index (χ0n) is 21.1. The molecule has 4 rings (SSSR count). The summed E-state index contributed by atoms with van der Waals surface area (Å²) in [7, 11) is -4.26. The van der Waals surface area contributed by atoms with Crippen molar-refractivity contribution in [3.63, 3.8) is 0 Å². The van der Waals surface area contributed by atoms with Crippen LogP contribution in [0.5, 0.6) is 0 Å². The molecule has 0 saturated heterocycles. The Labute approximate surface area is 237 Å². The number of hydrogen-bond acceptors (Lipinski definition) is 5. The van der Waals surface area contributed by atoms with Crippen molar-refractivity contribution >= 4 is 67.2 Å². The number of hydrogen-bond donors (Lipinski definition) is 1. The highest BCUT2D eigenvalue weighted by Gasteiger charge is 2.29. The van der Waals surface area contributed by atoms with Gasteiger partial charge in [-0.15, -0.1) is 0 Å². The molecule has 0 unspecified atom stereocenters. The van der Waals surface area contributed by atoms with E-state index in [1.807, 2.05) is 19.1 Å². The van der Waals surface area contributed by atoms with Gasteiger partial charge in [0, 0.05) is 21.3 Å². The first-order valence-electron chi connectivity index (χ1n) is 12.2. The van der Waals surface area contributed by atoms with Crippen LogP contribution < -0.4 is 9.62 Å². The highest BCUT2D eigenvalue weighted by atomic mass is 35.5. The lowest BCUT2D eigenvalue weighted by Crippen LogP contribution is -2.36. The molecule has 0 heterocycles. The highest BCUT2D eigenvalue weighted by molar-refractivity contribution is 7.92. The Kier molecular flexibility index (Phi) is 9.12. The number of rotatable bonds is 10. The van der Waals surface area contributed by atoms with E-state index in [1.165, 1.54) is 18.2 Å². The number of fused-ring (bicyclic) bond motifs is 1. The van der Waals surface area contributed by atoms with Gasteiger partial charge in [0.2, 0.25) is 0 Å². The Morgan fingerprint density at radius 1 is 0.872 bits per heavy atom. The number of halogens is 2. The predicted molar refractivity (Wildman–Crippen MR) is 155 cm³/mol. The molecule has 0 spiro atoms. The average molecular weight is 586 g/mol. The first-order chi connectivity index (χ1) is 18.7. The summed E-state index contributed by atoms with van der Waals surface area (Å²) < 4.78 is 33.7. The summed E-state index contributed by atoms with van der Waals surface area (Å²) in [5.74, 6) is -0.966. The minimum Gasteiger partial charge on any atom is -0.464 e. The smallest absolute Gasteiger partial charge is 0.326 e. The van der Waals surface area contributed by atoms with Crippen LogP contribution in [0, 0.1) is 0 Å². The van der Waals surface area contributed by atoms with Crippen molar-refractivity contribution in [2.45, 2.75) is 24.7 Å². The molecule has 4 aromatic carbocycles. The second-order valence-corrected chi connectivity index (χ2v) is 11.5. The lowest BCUT2D eigenvalue weighted by molar-refractivity contribution is -0.141. The normalized spacial score (nSPS) is 11.3. The van der Waals surface area contributed by atoms with Gasteiger partial charge < -0.3 is 10.1 Å². The van der Waals surface area contributed by atoms with Crippen molar-refractivity contribution in [2.75, 3.05) is 22.8 Å². The maximum atomic E-state index is 13.8. The fraction of sp³-hybridized carbons (Fsp3) is 0.172. The molecular formula is C29H26Cl2N2O5S. The molecule has 0 atom stereocenters. The first-order valence-corrected chi connectivity index (χ1v) is 14.4. The predicted octanol–water partition coefficient (Wildman–Crippen LogP) is 6.94. The van der Waals surface area contributed by atoms with Crippen molar-refractivity contribution in [3.8, 4) is 0 Å². The van der Waals surface area contributed by atoms with Crippen molar-refractivity contribution < 1.29 is 22.7 Å². The maximum Gasteiger partial charge on any atom is 0.326 e. The van der Waals surface area contributed by atoms with Gasteiger partial charge in [-0.05, 0) is 71.8 Å². The maximum absolute atomic E-state index is 13.8. The molecular weight excluding hydrogens is 559 g/mol. The fourth-order valence-corrected chi connectivity index (χ4v) is 6.00. The Morgan fingerprint density at radius 2 is 1.56 bits per heavy atom. The monoisotopic (exact) mass is 584 g/mol. The number of anilines is 2. The molecule has 4 aromatic rings. The van der Waals surface area contributed by atoms with E-state index in [0.29, 0.717) is 23.1 Å². The average Bonchev–Trinajstić information content (AvgIpc) is 2.91. The molecule has 202 valence electrons. The van der Waals surface area contributed by atoms with E-state index in [1.54, 1.807) is 54.6 Å². The molecule has 0 aliphatic rings. The lowest BCUT2D eigenvalue weighted by Gasteiger charge is -2.24. The van der Waals surface area contributed by atoms with Crippen LogP contribution in [0.15, 0.2) is 89.8 Å². The van der Waals surface area contributed by atoms with Crippen LogP contribution in [0.3, 0.4) is 0 Å². The van der Waals surface area contributed by atoms with Crippen molar-refractivity contribution in [1.82, 2.24) is 0 Å². The third-order valence-corrected chi connectivity index (χ3v) is 8.05. The molecule has 0 fully saturated rings. The van der Waals surface area contributed by atoms with Gasteiger partial charge in [-0.1, -0.05) is 66.9 Å². The Hall–Kier alpha value is -3.59. The van der Waals surface area contributed by atoms with Gasteiger partial charge in [0.25, 0.3) is 15.9 Å². The molecule has 0 aliphatic heterocycles. The number of nitrogens with one attached hydrogen (secondary N) is 1. The van der Waals surface area contributed by atoms with Gasteiger partial charge in [0.15, 0.2) is 0 Å². The summed E-state index contributed by atoms with van der Waals surface area (Å²) >= 11 is 12.2. The minimum atomic E-state index is -4.26. The number of esters is 1. The number of nitrogens with zero attached hydrogens (tertiary/aromatic N) is 1. The van der Waals surface area contributed by atoms with E-state index in [4.69, 9.17) is 27.9 Å². The topological polar surface area (TPSA) is 92.8 Å². The molecule has 0 aromatic heterocycles. The summed E-state index contributed by atoms with van der Waals surface area (Å²) in [6.45, 7) is 1.60. The van der Waals surface area contributed by atoms with E-state index < -0.39 is 22.5 Å². The van der Waals surface area contributed by atoms with E-state index in [2.05, 4.69) is 5.32 Å². The van der Waals surface area contributed by atoms with E-state index in [9.17, 15) is 18.0 Å². The van der Waals surface area contributed by atoms with E-state index in [0.717, 1.165) is 16.1 Å². The van der Waals surface area contributed by atoms with Gasteiger partial charge in [0.1, 0.15) is 6.54 Å². The molecule has 0 bridgehead atoms. The van der Waals surface area contributed by atoms with Gasteiger partial charge in [-0.2, -0.15) is 0 Å². The minimum absolute atomic E-state index is 0.142. The second kappa shape index (κ2) is 12.5. The number of carbonyl (C=O) groups is 2. The Morgan fingerprint density at radius 3 is 2.26 bits per heavy atom. The van der Waals surface area contributed by atoms with Crippen LogP contribution in [-0.2, 0) is 19.6 Å². The zero-order chi connectivity index (χ0) is 28.0. The molecule has 0 aliphatic carbocycles. The third kappa shape index (κ3) is 7.09. The largest absolute Gasteiger partial charge is 0.464 e. The van der Waals surface area contributed by atoms with Crippen molar-refractivity contribution in [3.05, 3.63) is 101 Å². The number of ether oxygens (including phenoxy) is 1. The Balaban J connectivity index is 1.71. The molecule has 0 radical (unpaired) electrons. The van der Waals surface area contributed by atoms with Gasteiger partial charge >= 0.3 is 5.97 Å². The summed E-state index contributed by atoms with van der Waals surface area (Å²) in [5, 5.41) is 4.60. The molecule has 7 nitrogen and oxygen atoms in total. The summed E-state index contributed by atoms with van der Waals surface area (Å²) in [5.41, 5.74) is 1.27. The van der Waals surface area contributed by atoms with Crippen LogP contribution >= 0.6 is 23.2 Å². The number of unbranched alkanes of at least 4 members (excludes halogenated alkanes) is 1. The lowest BCUT2D eigenvalue weighted by atomic mass is 10.1. The zero-order valence-corrected chi connectivity index (χ0v) is 23.4. The number of carbonyl (C=O) groups excluding carboxylic acids is 2. The quantitative estimate of drug-likeness (QED) is 0.161. The summed E-state index contributed by atoms with van der Waals surface area (Å²) in [6, 6.07) is 23.1. The Bertz CT molecular complexity index is 1590. The number of benzene rings is 4. The molecule has 1 amide bonds. The number of amides is 1. The van der Waals surface area contributed by atoms with Crippen LogP contribution in [0.2, 0.25) is 10.0 Å². The first kappa shape index (κ1) is 28.4. The van der Waals surface area contributed by atoms with Gasteiger partial charge in [0.05, 0.1) is 17.2 Å². The summed E-state index contributed by atoms with van der Waals surface area (Å²) in [4.78, 5) is 25.1. The highest BCUT2D eigenvalue weighted by Crippen LogP contribution is 2.31. The van der Waals surface area contributed by atoms with Gasteiger partial charge in [-0.25, -0.2) is 8.42 Å². The van der Waals surface area contributed by atoms with Crippen molar-refractivity contribution in [2.24, 2.45) is 0 Å². The van der Waals surface area contributed by atoms with Crippen molar-refractivity contribution in [1.29, 1.82) is 0 Å².